The predicted octanol–water partition coefficient (Wildman–Crippen LogP) is 2.72. The van der Waals surface area contributed by atoms with Crippen molar-refractivity contribution in [3.05, 3.63) is 35.7 Å². The third kappa shape index (κ3) is 3.74. The molecule has 1 unspecified atom stereocenters. The monoisotopic (exact) mass is 340 g/mol. The standard InChI is InChI=1S/C19H24N4O2/c24-17-4-2-12-23(17)13-14-5-7-15(8-6-14)18-21-19(25-22-18)16-3-1-10-20-11-9-16/h5-8,16,20H,1-4,9-13H2. The highest BCUT2D eigenvalue weighted by atomic mass is 16.5. The van der Waals surface area contributed by atoms with Crippen LogP contribution < -0.4 is 5.32 Å². The minimum Gasteiger partial charge on any atom is -0.339 e. The Labute approximate surface area is 147 Å². The van der Waals surface area contributed by atoms with Crippen LogP contribution in [0.5, 0.6) is 0 Å². The van der Waals surface area contributed by atoms with E-state index < -0.39 is 0 Å². The maximum Gasteiger partial charge on any atom is 0.230 e. The van der Waals surface area contributed by atoms with Gasteiger partial charge in [0.05, 0.1) is 0 Å². The molecule has 2 aliphatic heterocycles. The molecule has 1 N–H and O–H groups in total. The largest absolute Gasteiger partial charge is 0.339 e. The summed E-state index contributed by atoms with van der Waals surface area (Å²) in [7, 11) is 0. The van der Waals surface area contributed by atoms with Crippen molar-refractivity contribution in [2.24, 2.45) is 0 Å². The van der Waals surface area contributed by atoms with Gasteiger partial charge in [-0.2, -0.15) is 4.98 Å². The fourth-order valence-corrected chi connectivity index (χ4v) is 3.64. The Bertz CT molecular complexity index is 717. The van der Waals surface area contributed by atoms with E-state index in [9.17, 15) is 4.79 Å². The number of benzene rings is 1. The van der Waals surface area contributed by atoms with Gasteiger partial charge >= 0.3 is 0 Å². The third-order valence-corrected chi connectivity index (χ3v) is 5.12. The molecule has 1 atom stereocenters. The van der Waals surface area contributed by atoms with Crippen molar-refractivity contribution in [1.82, 2.24) is 20.4 Å². The van der Waals surface area contributed by atoms with Gasteiger partial charge in [0.15, 0.2) is 0 Å². The van der Waals surface area contributed by atoms with Crippen LogP contribution in [0.1, 0.15) is 49.5 Å². The van der Waals surface area contributed by atoms with Crippen LogP contribution in [-0.2, 0) is 11.3 Å². The Morgan fingerprint density at radius 2 is 2.04 bits per heavy atom. The van der Waals surface area contributed by atoms with Gasteiger partial charge in [-0.25, -0.2) is 0 Å². The molecule has 6 nitrogen and oxygen atoms in total. The number of nitrogens with zero attached hydrogens (tertiary/aromatic N) is 3. The minimum atomic E-state index is 0.254. The summed E-state index contributed by atoms with van der Waals surface area (Å²) in [6, 6.07) is 8.12. The Hall–Kier alpha value is -2.21. The van der Waals surface area contributed by atoms with Gasteiger partial charge in [0.1, 0.15) is 0 Å². The second kappa shape index (κ2) is 7.35. The van der Waals surface area contributed by atoms with Gasteiger partial charge in [0.2, 0.25) is 17.6 Å². The van der Waals surface area contributed by atoms with Gasteiger partial charge in [-0.05, 0) is 44.3 Å². The van der Waals surface area contributed by atoms with Crippen LogP contribution in [0.25, 0.3) is 11.4 Å². The zero-order valence-corrected chi connectivity index (χ0v) is 14.4. The quantitative estimate of drug-likeness (QED) is 0.926. The molecule has 0 bridgehead atoms. The summed E-state index contributed by atoms with van der Waals surface area (Å²) in [5.74, 6) is 2.02. The summed E-state index contributed by atoms with van der Waals surface area (Å²) in [4.78, 5) is 18.3. The second-order valence-corrected chi connectivity index (χ2v) is 6.95. The molecule has 0 aliphatic carbocycles. The Morgan fingerprint density at radius 1 is 1.16 bits per heavy atom. The lowest BCUT2D eigenvalue weighted by molar-refractivity contribution is -0.128. The molecule has 0 saturated carbocycles. The van der Waals surface area contributed by atoms with Crippen LogP contribution in [-0.4, -0.2) is 40.6 Å². The molecule has 6 heteroatoms. The fraction of sp³-hybridized carbons (Fsp3) is 0.526. The number of hydrogen-bond donors (Lipinski definition) is 1. The summed E-state index contributed by atoms with van der Waals surface area (Å²) in [6.07, 6.45) is 4.94. The highest BCUT2D eigenvalue weighted by Gasteiger charge is 2.22. The van der Waals surface area contributed by atoms with Crippen molar-refractivity contribution in [3.8, 4) is 11.4 Å². The maximum absolute atomic E-state index is 11.7. The van der Waals surface area contributed by atoms with Crippen molar-refractivity contribution in [3.63, 3.8) is 0 Å². The second-order valence-electron chi connectivity index (χ2n) is 6.95. The van der Waals surface area contributed by atoms with Crippen LogP contribution in [0.15, 0.2) is 28.8 Å². The number of likely N-dealkylation sites (tertiary alicyclic amines) is 1. The number of aromatic nitrogens is 2. The lowest BCUT2D eigenvalue weighted by Crippen LogP contribution is -2.23. The van der Waals surface area contributed by atoms with Gasteiger partial charge in [0.25, 0.3) is 0 Å². The van der Waals surface area contributed by atoms with Gasteiger partial charge in [-0.15, -0.1) is 0 Å². The van der Waals surface area contributed by atoms with Crippen molar-refractivity contribution < 1.29 is 9.32 Å². The first-order chi connectivity index (χ1) is 12.3. The van der Waals surface area contributed by atoms with Crippen LogP contribution in [0, 0.1) is 0 Å². The van der Waals surface area contributed by atoms with E-state index in [1.807, 2.05) is 29.2 Å². The molecule has 1 aromatic heterocycles. The molecule has 2 aromatic rings. The van der Waals surface area contributed by atoms with Crippen LogP contribution in [0.2, 0.25) is 0 Å². The van der Waals surface area contributed by atoms with Gasteiger partial charge < -0.3 is 14.7 Å². The van der Waals surface area contributed by atoms with E-state index in [-0.39, 0.29) is 5.91 Å². The van der Waals surface area contributed by atoms with Gasteiger partial charge in [-0.3, -0.25) is 4.79 Å². The molecule has 3 heterocycles. The normalized spacial score (nSPS) is 21.5. The SMILES string of the molecule is O=C1CCCN1Cc1ccc(-c2noc(C3CCCNCC3)n2)cc1. The summed E-state index contributed by atoms with van der Waals surface area (Å²) in [6.45, 7) is 3.63. The number of amides is 1. The van der Waals surface area contributed by atoms with Crippen LogP contribution in [0.3, 0.4) is 0 Å². The van der Waals surface area contributed by atoms with E-state index in [2.05, 4.69) is 15.5 Å². The first kappa shape index (κ1) is 16.3. The molecular weight excluding hydrogens is 316 g/mol. The molecule has 2 aliphatic rings. The summed E-state index contributed by atoms with van der Waals surface area (Å²) < 4.78 is 5.52. The smallest absolute Gasteiger partial charge is 0.230 e. The van der Waals surface area contributed by atoms with E-state index in [1.54, 1.807) is 0 Å². The number of hydrogen-bond acceptors (Lipinski definition) is 5. The summed E-state index contributed by atoms with van der Waals surface area (Å²) in [5.41, 5.74) is 2.09. The Kier molecular flexibility index (Phi) is 4.78. The molecule has 1 aromatic carbocycles. The lowest BCUT2D eigenvalue weighted by Gasteiger charge is -2.15. The van der Waals surface area contributed by atoms with Gasteiger partial charge in [-0.1, -0.05) is 29.4 Å². The van der Waals surface area contributed by atoms with E-state index in [0.29, 0.717) is 24.7 Å². The molecule has 1 amide bonds. The van der Waals surface area contributed by atoms with Crippen LogP contribution >= 0.6 is 0 Å². The maximum atomic E-state index is 11.7. The number of nitrogens with one attached hydrogen (secondary N) is 1. The molecular formula is C19H24N4O2. The molecule has 0 radical (unpaired) electrons. The molecule has 2 fully saturated rings. The zero-order valence-electron chi connectivity index (χ0n) is 14.4. The molecule has 2 saturated heterocycles. The average Bonchev–Trinajstić information content (AvgIpc) is 3.18. The fourth-order valence-electron chi connectivity index (χ4n) is 3.64. The Morgan fingerprint density at radius 3 is 2.84 bits per heavy atom. The van der Waals surface area contributed by atoms with E-state index >= 15 is 0 Å². The van der Waals surface area contributed by atoms with E-state index in [0.717, 1.165) is 62.3 Å². The highest BCUT2D eigenvalue weighted by Crippen LogP contribution is 2.27. The topological polar surface area (TPSA) is 71.3 Å². The number of carbonyl (C=O) groups is 1. The number of carbonyl (C=O) groups excluding carboxylic acids is 1. The van der Waals surface area contributed by atoms with Gasteiger partial charge in [0, 0.05) is 31.0 Å². The molecule has 132 valence electrons. The van der Waals surface area contributed by atoms with E-state index in [1.165, 1.54) is 0 Å². The Balaban J connectivity index is 1.44. The van der Waals surface area contributed by atoms with Crippen molar-refractivity contribution in [2.75, 3.05) is 19.6 Å². The average molecular weight is 340 g/mol. The highest BCUT2D eigenvalue weighted by molar-refractivity contribution is 5.78. The lowest BCUT2D eigenvalue weighted by atomic mass is 10.0. The van der Waals surface area contributed by atoms with Crippen molar-refractivity contribution in [1.29, 1.82) is 0 Å². The first-order valence-electron chi connectivity index (χ1n) is 9.21. The first-order valence-corrected chi connectivity index (χ1v) is 9.21. The minimum absolute atomic E-state index is 0.254. The predicted molar refractivity (Wildman–Crippen MR) is 93.8 cm³/mol. The molecule has 4 rings (SSSR count). The van der Waals surface area contributed by atoms with Crippen molar-refractivity contribution in [2.45, 2.75) is 44.6 Å². The molecule has 0 spiro atoms. The molecule has 25 heavy (non-hydrogen) atoms. The number of rotatable bonds is 4. The summed E-state index contributed by atoms with van der Waals surface area (Å²) >= 11 is 0. The van der Waals surface area contributed by atoms with Crippen LogP contribution in [0.4, 0.5) is 0 Å². The summed E-state index contributed by atoms with van der Waals surface area (Å²) in [5, 5.41) is 7.57. The van der Waals surface area contributed by atoms with Crippen molar-refractivity contribution >= 4 is 5.91 Å². The third-order valence-electron chi connectivity index (χ3n) is 5.12. The zero-order chi connectivity index (χ0) is 17.1. The van der Waals surface area contributed by atoms with E-state index in [4.69, 9.17) is 4.52 Å².